The summed E-state index contributed by atoms with van der Waals surface area (Å²) >= 11 is 0. The molecule has 11 heteroatoms. The van der Waals surface area contributed by atoms with Gasteiger partial charge in [-0.25, -0.2) is 4.79 Å². The Morgan fingerprint density at radius 1 is 1.11 bits per heavy atom. The highest BCUT2D eigenvalue weighted by molar-refractivity contribution is 5.96. The number of carbonyl (C=O) groups is 3. The summed E-state index contributed by atoms with van der Waals surface area (Å²) in [6.07, 6.45) is 3.15. The molecule has 11 nitrogen and oxygen atoms in total. The Morgan fingerprint density at radius 2 is 1.81 bits per heavy atom. The molecular formula is C25H31N5O6. The van der Waals surface area contributed by atoms with Crippen molar-refractivity contribution in [3.05, 3.63) is 57.5 Å². The van der Waals surface area contributed by atoms with E-state index in [1.807, 2.05) is 18.3 Å². The van der Waals surface area contributed by atoms with Crippen LogP contribution in [0.25, 0.3) is 11.0 Å². The quantitative estimate of drug-likeness (QED) is 0.337. The molecule has 1 aromatic carbocycles. The second kappa shape index (κ2) is 12.0. The van der Waals surface area contributed by atoms with Crippen molar-refractivity contribution in [1.82, 2.24) is 19.9 Å². The topological polar surface area (TPSA) is 158 Å². The van der Waals surface area contributed by atoms with Crippen LogP contribution in [0.2, 0.25) is 0 Å². The van der Waals surface area contributed by atoms with Crippen LogP contribution in [0.4, 0.5) is 5.95 Å². The number of carbonyl (C=O) groups excluding carboxylic acids is 3. The third-order valence-electron chi connectivity index (χ3n) is 5.64. The molecule has 1 amide bonds. The number of hydrogen-bond donors (Lipinski definition) is 3. The minimum absolute atomic E-state index is 0.0182. The summed E-state index contributed by atoms with van der Waals surface area (Å²) < 4.78 is 11.7. The van der Waals surface area contributed by atoms with Gasteiger partial charge >= 0.3 is 11.9 Å². The highest BCUT2D eigenvalue weighted by Crippen LogP contribution is 2.18. The number of hydrogen-bond acceptors (Lipinski definition) is 8. The molecule has 3 aromatic rings. The third kappa shape index (κ3) is 6.49. The Labute approximate surface area is 208 Å². The Bertz CT molecular complexity index is 1290. The van der Waals surface area contributed by atoms with E-state index in [-0.39, 0.29) is 37.6 Å². The average molecular weight is 498 g/mol. The summed E-state index contributed by atoms with van der Waals surface area (Å²) in [4.78, 5) is 55.8. The van der Waals surface area contributed by atoms with Gasteiger partial charge in [0, 0.05) is 25.2 Å². The molecule has 0 unspecified atom stereocenters. The summed E-state index contributed by atoms with van der Waals surface area (Å²) in [5.74, 6) is -1.43. The number of aryl methyl sites for hydroxylation is 3. The van der Waals surface area contributed by atoms with Gasteiger partial charge in [0.1, 0.15) is 11.7 Å². The highest BCUT2D eigenvalue weighted by Gasteiger charge is 2.24. The van der Waals surface area contributed by atoms with Gasteiger partial charge in [0.25, 0.3) is 11.5 Å². The van der Waals surface area contributed by atoms with Gasteiger partial charge in [0.15, 0.2) is 0 Å². The zero-order chi connectivity index (χ0) is 26.2. The lowest BCUT2D eigenvalue weighted by molar-refractivity contribution is -0.146. The van der Waals surface area contributed by atoms with E-state index < -0.39 is 23.9 Å². The number of fused-ring (bicyclic) bond motifs is 1. The van der Waals surface area contributed by atoms with Crippen molar-refractivity contribution < 1.29 is 23.9 Å². The van der Waals surface area contributed by atoms with E-state index in [9.17, 15) is 19.2 Å². The summed E-state index contributed by atoms with van der Waals surface area (Å²) in [5, 5.41) is 3.16. The first-order chi connectivity index (χ1) is 17.2. The first kappa shape index (κ1) is 26.5. The van der Waals surface area contributed by atoms with Gasteiger partial charge in [0.2, 0.25) is 5.95 Å². The number of aromatic nitrogens is 3. The molecule has 192 valence electrons. The maximum atomic E-state index is 12.7. The SMILES string of the molecule is CCOC(=O)CC[C@H](NC(=O)c1ccc(CCc2cn(C)c3nc(N)[nH]c(=O)c23)cc1)C(=O)OCC. The lowest BCUT2D eigenvalue weighted by Gasteiger charge is -2.17. The molecule has 0 fully saturated rings. The van der Waals surface area contributed by atoms with Crippen molar-refractivity contribution in [2.45, 2.75) is 45.6 Å². The van der Waals surface area contributed by atoms with Gasteiger partial charge < -0.3 is 25.1 Å². The van der Waals surface area contributed by atoms with Crippen LogP contribution in [0.5, 0.6) is 0 Å². The number of anilines is 1. The van der Waals surface area contributed by atoms with Crippen LogP contribution >= 0.6 is 0 Å². The van der Waals surface area contributed by atoms with Gasteiger partial charge in [-0.15, -0.1) is 0 Å². The molecule has 3 rings (SSSR count). The predicted octanol–water partition coefficient (Wildman–Crippen LogP) is 1.63. The molecular weight excluding hydrogens is 466 g/mol. The number of esters is 2. The monoisotopic (exact) mass is 497 g/mol. The average Bonchev–Trinajstić information content (AvgIpc) is 3.16. The Morgan fingerprint density at radius 3 is 2.47 bits per heavy atom. The van der Waals surface area contributed by atoms with Gasteiger partial charge in [-0.3, -0.25) is 19.4 Å². The summed E-state index contributed by atoms with van der Waals surface area (Å²) in [6.45, 7) is 3.76. The number of H-pyrrole nitrogens is 1. The van der Waals surface area contributed by atoms with Gasteiger partial charge in [-0.05, 0) is 56.4 Å². The number of nitrogen functional groups attached to an aromatic ring is 1. The van der Waals surface area contributed by atoms with Crippen LogP contribution in [0.1, 0.15) is 48.2 Å². The minimum atomic E-state index is -0.964. The fourth-order valence-electron chi connectivity index (χ4n) is 3.90. The molecule has 2 heterocycles. The molecule has 4 N–H and O–H groups in total. The number of amides is 1. The second-order valence-corrected chi connectivity index (χ2v) is 8.23. The number of nitrogens with one attached hydrogen (secondary N) is 2. The first-order valence-electron chi connectivity index (χ1n) is 11.8. The Kier molecular flexibility index (Phi) is 8.82. The highest BCUT2D eigenvalue weighted by atomic mass is 16.5. The van der Waals surface area contributed by atoms with E-state index in [1.54, 1.807) is 37.6 Å². The van der Waals surface area contributed by atoms with Crippen molar-refractivity contribution in [3.63, 3.8) is 0 Å². The lowest BCUT2D eigenvalue weighted by Crippen LogP contribution is -2.42. The molecule has 0 aliphatic rings. The van der Waals surface area contributed by atoms with Crippen molar-refractivity contribution in [2.75, 3.05) is 18.9 Å². The van der Waals surface area contributed by atoms with Crippen molar-refractivity contribution in [1.29, 1.82) is 0 Å². The van der Waals surface area contributed by atoms with Crippen LogP contribution in [-0.2, 0) is 39.0 Å². The zero-order valence-corrected chi connectivity index (χ0v) is 20.6. The third-order valence-corrected chi connectivity index (χ3v) is 5.64. The lowest BCUT2D eigenvalue weighted by atomic mass is 10.0. The largest absolute Gasteiger partial charge is 0.466 e. The van der Waals surface area contributed by atoms with E-state index in [1.165, 1.54) is 0 Å². The van der Waals surface area contributed by atoms with E-state index in [2.05, 4.69) is 15.3 Å². The van der Waals surface area contributed by atoms with E-state index >= 15 is 0 Å². The normalized spacial score (nSPS) is 11.8. The van der Waals surface area contributed by atoms with Crippen LogP contribution in [0.3, 0.4) is 0 Å². The molecule has 0 radical (unpaired) electrons. The smallest absolute Gasteiger partial charge is 0.328 e. The van der Waals surface area contributed by atoms with Crippen molar-refractivity contribution in [2.24, 2.45) is 7.05 Å². The first-order valence-corrected chi connectivity index (χ1v) is 11.8. The molecule has 2 aromatic heterocycles. The fraction of sp³-hybridized carbons (Fsp3) is 0.400. The van der Waals surface area contributed by atoms with Crippen molar-refractivity contribution >= 4 is 34.8 Å². The van der Waals surface area contributed by atoms with Crippen molar-refractivity contribution in [3.8, 4) is 0 Å². The molecule has 0 aliphatic carbocycles. The fourth-order valence-corrected chi connectivity index (χ4v) is 3.90. The van der Waals surface area contributed by atoms with Gasteiger partial charge in [-0.2, -0.15) is 4.98 Å². The second-order valence-electron chi connectivity index (χ2n) is 8.23. The maximum Gasteiger partial charge on any atom is 0.328 e. The zero-order valence-electron chi connectivity index (χ0n) is 20.6. The molecule has 1 atom stereocenters. The van der Waals surface area contributed by atoms with E-state index in [0.717, 1.165) is 11.1 Å². The molecule has 0 bridgehead atoms. The number of benzene rings is 1. The number of nitrogens with zero attached hydrogens (tertiary/aromatic N) is 2. The molecule has 0 saturated heterocycles. The molecule has 0 spiro atoms. The van der Waals surface area contributed by atoms with E-state index in [4.69, 9.17) is 15.2 Å². The van der Waals surface area contributed by atoms with Crippen LogP contribution < -0.4 is 16.6 Å². The number of nitrogens with two attached hydrogens (primary N) is 1. The summed E-state index contributed by atoms with van der Waals surface area (Å²) in [7, 11) is 1.81. The van der Waals surface area contributed by atoms with Crippen LogP contribution in [-0.4, -0.2) is 51.6 Å². The molecule has 0 saturated carbocycles. The number of ether oxygens (including phenoxy) is 2. The standard InChI is InChI=1S/C25H31N5O6/c1-4-35-19(31)13-12-18(24(34)36-5-2)27-22(32)16-9-6-15(7-10-16)8-11-17-14-30(3)21-20(17)23(33)29-25(26)28-21/h6-7,9-10,14,18H,4-5,8,11-13H2,1-3H3,(H,27,32)(H3,26,28,29,33)/t18-/m0/s1. The van der Waals surface area contributed by atoms with Gasteiger partial charge in [-0.1, -0.05) is 12.1 Å². The number of aromatic amines is 1. The Hall–Kier alpha value is -4.15. The van der Waals surface area contributed by atoms with E-state index in [0.29, 0.717) is 29.4 Å². The summed E-state index contributed by atoms with van der Waals surface area (Å²) in [6, 6.07) is 6.00. The minimum Gasteiger partial charge on any atom is -0.466 e. The predicted molar refractivity (Wildman–Crippen MR) is 133 cm³/mol. The molecule has 0 aliphatic heterocycles. The number of rotatable bonds is 11. The maximum absolute atomic E-state index is 12.7. The van der Waals surface area contributed by atoms with Crippen LogP contribution in [0, 0.1) is 0 Å². The Balaban J connectivity index is 1.65. The van der Waals surface area contributed by atoms with Crippen LogP contribution in [0.15, 0.2) is 35.3 Å². The summed E-state index contributed by atoms with van der Waals surface area (Å²) in [5.41, 5.74) is 8.08. The van der Waals surface area contributed by atoms with Gasteiger partial charge in [0.05, 0.1) is 18.6 Å². The molecule has 36 heavy (non-hydrogen) atoms.